The lowest BCUT2D eigenvalue weighted by molar-refractivity contribution is 0.415. The summed E-state index contributed by atoms with van der Waals surface area (Å²) in [7, 11) is 1.67. The number of pyridine rings is 1. The molecule has 1 atom stereocenters. The first-order valence-corrected chi connectivity index (χ1v) is 6.81. The van der Waals surface area contributed by atoms with Crippen molar-refractivity contribution < 1.29 is 4.74 Å². The molecule has 0 aliphatic heterocycles. The zero-order valence-corrected chi connectivity index (χ0v) is 11.4. The van der Waals surface area contributed by atoms with Crippen molar-refractivity contribution >= 4 is 34.1 Å². The molecule has 1 aromatic heterocycles. The highest BCUT2D eigenvalue weighted by atomic mass is 35.5. The van der Waals surface area contributed by atoms with Gasteiger partial charge in [-0.25, -0.2) is 4.98 Å². The number of thioether (sulfide) groups is 1. The molecule has 0 radical (unpaired) electrons. The minimum absolute atomic E-state index is 0.358. The lowest BCUT2D eigenvalue weighted by atomic mass is 10.2. The molecule has 2 nitrogen and oxygen atoms in total. The van der Waals surface area contributed by atoms with Crippen LogP contribution in [0.25, 0.3) is 10.8 Å². The van der Waals surface area contributed by atoms with E-state index in [0.29, 0.717) is 11.1 Å². The molecule has 0 aliphatic carbocycles. The van der Waals surface area contributed by atoms with Crippen LogP contribution in [0.4, 0.5) is 0 Å². The second-order valence-electron chi connectivity index (χ2n) is 3.79. The molecule has 0 N–H and O–H groups in total. The number of nitrogens with zero attached hydrogens (tertiary/aromatic N) is 1. The summed E-state index contributed by atoms with van der Waals surface area (Å²) in [6.07, 6.45) is 1.82. The van der Waals surface area contributed by atoms with Gasteiger partial charge in [0, 0.05) is 22.7 Å². The molecule has 17 heavy (non-hydrogen) atoms. The quantitative estimate of drug-likeness (QED) is 0.618. The summed E-state index contributed by atoms with van der Waals surface area (Å²) in [5, 5.41) is 3.68. The van der Waals surface area contributed by atoms with Gasteiger partial charge in [0.05, 0.1) is 7.11 Å². The Morgan fingerprint density at radius 1 is 1.41 bits per heavy atom. The van der Waals surface area contributed by atoms with Gasteiger partial charge >= 0.3 is 0 Å². The third kappa shape index (κ3) is 2.85. The molecule has 0 bridgehead atoms. The molecule has 1 unspecified atom stereocenters. The fourth-order valence-corrected chi connectivity index (χ4v) is 2.64. The van der Waals surface area contributed by atoms with E-state index >= 15 is 0 Å². The molecular weight excluding hydrogens is 254 g/mol. The van der Waals surface area contributed by atoms with Crippen LogP contribution in [0.3, 0.4) is 0 Å². The van der Waals surface area contributed by atoms with E-state index < -0.39 is 0 Å². The standard InChI is InChI=1S/C13H14ClNOS/c1-9(8-14)17-13-12-4-3-11(16-2)7-10(12)5-6-15-13/h3-7,9H,8H2,1-2H3. The van der Waals surface area contributed by atoms with E-state index in [0.717, 1.165) is 21.5 Å². The van der Waals surface area contributed by atoms with Gasteiger partial charge in [-0.05, 0) is 29.7 Å². The molecule has 0 spiro atoms. The molecule has 0 saturated carbocycles. The Morgan fingerprint density at radius 3 is 2.94 bits per heavy atom. The van der Waals surface area contributed by atoms with E-state index in [1.165, 1.54) is 0 Å². The van der Waals surface area contributed by atoms with Gasteiger partial charge in [0.1, 0.15) is 10.8 Å². The van der Waals surface area contributed by atoms with Gasteiger partial charge in [0.15, 0.2) is 0 Å². The topological polar surface area (TPSA) is 22.1 Å². The maximum Gasteiger partial charge on any atom is 0.119 e. The van der Waals surface area contributed by atoms with Crippen molar-refractivity contribution in [2.45, 2.75) is 17.2 Å². The summed E-state index contributed by atoms with van der Waals surface area (Å²) in [5.41, 5.74) is 0. The predicted molar refractivity (Wildman–Crippen MR) is 74.3 cm³/mol. The van der Waals surface area contributed by atoms with Gasteiger partial charge in [0.25, 0.3) is 0 Å². The summed E-state index contributed by atoms with van der Waals surface area (Å²) < 4.78 is 5.22. The molecular formula is C13H14ClNOS. The average Bonchev–Trinajstić information content (AvgIpc) is 2.38. The Morgan fingerprint density at radius 2 is 2.24 bits per heavy atom. The molecule has 90 valence electrons. The number of fused-ring (bicyclic) bond motifs is 1. The summed E-state index contributed by atoms with van der Waals surface area (Å²) in [6.45, 7) is 2.10. The predicted octanol–water partition coefficient (Wildman–Crippen LogP) is 3.96. The number of ether oxygens (including phenoxy) is 1. The number of halogens is 1. The van der Waals surface area contributed by atoms with Crippen molar-refractivity contribution in [3.63, 3.8) is 0 Å². The first-order chi connectivity index (χ1) is 8.24. The lowest BCUT2D eigenvalue weighted by Crippen LogP contribution is -1.98. The molecule has 4 heteroatoms. The van der Waals surface area contributed by atoms with Crippen LogP contribution in [0.2, 0.25) is 0 Å². The Balaban J connectivity index is 2.43. The van der Waals surface area contributed by atoms with E-state index in [9.17, 15) is 0 Å². The Hall–Kier alpha value is -0.930. The van der Waals surface area contributed by atoms with Crippen LogP contribution in [0.15, 0.2) is 35.5 Å². The Bertz CT molecular complexity index is 518. The summed E-state index contributed by atoms with van der Waals surface area (Å²) in [6, 6.07) is 8.02. The van der Waals surface area contributed by atoms with Crippen molar-refractivity contribution in [3.8, 4) is 5.75 Å². The number of methoxy groups -OCH3 is 1. The molecule has 0 amide bonds. The number of aromatic nitrogens is 1. The van der Waals surface area contributed by atoms with Gasteiger partial charge in [-0.3, -0.25) is 0 Å². The number of alkyl halides is 1. The normalized spacial score (nSPS) is 12.6. The van der Waals surface area contributed by atoms with Gasteiger partial charge < -0.3 is 4.74 Å². The maximum atomic E-state index is 5.83. The SMILES string of the molecule is COc1ccc2c(SC(C)CCl)nccc2c1. The van der Waals surface area contributed by atoms with E-state index in [-0.39, 0.29) is 0 Å². The van der Waals surface area contributed by atoms with Crippen LogP contribution in [-0.2, 0) is 0 Å². The highest BCUT2D eigenvalue weighted by Crippen LogP contribution is 2.30. The number of rotatable bonds is 4. The molecule has 1 heterocycles. The second-order valence-corrected chi connectivity index (χ2v) is 5.52. The van der Waals surface area contributed by atoms with Crippen LogP contribution in [0.1, 0.15) is 6.92 Å². The summed E-state index contributed by atoms with van der Waals surface area (Å²) >= 11 is 7.53. The van der Waals surface area contributed by atoms with E-state index in [2.05, 4.69) is 11.9 Å². The first kappa shape index (κ1) is 12.5. The van der Waals surface area contributed by atoms with Crippen LogP contribution < -0.4 is 4.74 Å². The van der Waals surface area contributed by atoms with Crippen molar-refractivity contribution in [1.82, 2.24) is 4.98 Å². The highest BCUT2D eigenvalue weighted by Gasteiger charge is 2.08. The molecule has 2 rings (SSSR count). The second kappa shape index (κ2) is 5.61. The van der Waals surface area contributed by atoms with Crippen molar-refractivity contribution in [2.75, 3.05) is 13.0 Å². The van der Waals surface area contributed by atoms with Crippen LogP contribution in [-0.4, -0.2) is 23.2 Å². The molecule has 2 aromatic rings. The minimum atomic E-state index is 0.358. The molecule has 1 aromatic carbocycles. The fourth-order valence-electron chi connectivity index (χ4n) is 1.57. The number of benzene rings is 1. The molecule has 0 fully saturated rings. The fraction of sp³-hybridized carbons (Fsp3) is 0.308. The van der Waals surface area contributed by atoms with Gasteiger partial charge in [-0.1, -0.05) is 6.92 Å². The summed E-state index contributed by atoms with van der Waals surface area (Å²) in [4.78, 5) is 4.41. The van der Waals surface area contributed by atoms with Gasteiger partial charge in [0.2, 0.25) is 0 Å². The van der Waals surface area contributed by atoms with Crippen LogP contribution in [0.5, 0.6) is 5.75 Å². The smallest absolute Gasteiger partial charge is 0.119 e. The highest BCUT2D eigenvalue weighted by molar-refractivity contribution is 8.00. The van der Waals surface area contributed by atoms with Gasteiger partial charge in [-0.2, -0.15) is 0 Å². The number of hydrogen-bond donors (Lipinski definition) is 0. The third-order valence-corrected chi connectivity index (χ3v) is 4.23. The number of hydrogen-bond acceptors (Lipinski definition) is 3. The van der Waals surface area contributed by atoms with E-state index in [4.69, 9.17) is 16.3 Å². The Labute approximate surface area is 110 Å². The zero-order valence-electron chi connectivity index (χ0n) is 9.81. The lowest BCUT2D eigenvalue weighted by Gasteiger charge is -2.09. The van der Waals surface area contributed by atoms with E-state index in [1.807, 2.05) is 30.5 Å². The molecule has 0 saturated heterocycles. The van der Waals surface area contributed by atoms with Crippen LogP contribution in [0, 0.1) is 0 Å². The van der Waals surface area contributed by atoms with E-state index in [1.54, 1.807) is 18.9 Å². The van der Waals surface area contributed by atoms with Crippen molar-refractivity contribution in [1.29, 1.82) is 0 Å². The average molecular weight is 268 g/mol. The summed E-state index contributed by atoms with van der Waals surface area (Å²) in [5.74, 6) is 1.49. The Kier molecular flexibility index (Phi) is 4.13. The molecule has 0 aliphatic rings. The zero-order chi connectivity index (χ0) is 12.3. The largest absolute Gasteiger partial charge is 0.497 e. The third-order valence-electron chi connectivity index (χ3n) is 2.47. The van der Waals surface area contributed by atoms with Crippen molar-refractivity contribution in [2.24, 2.45) is 0 Å². The van der Waals surface area contributed by atoms with Gasteiger partial charge in [-0.15, -0.1) is 23.4 Å². The van der Waals surface area contributed by atoms with Crippen molar-refractivity contribution in [3.05, 3.63) is 30.5 Å². The first-order valence-electron chi connectivity index (χ1n) is 5.40. The monoisotopic (exact) mass is 267 g/mol. The maximum absolute atomic E-state index is 5.83. The minimum Gasteiger partial charge on any atom is -0.497 e. The van der Waals surface area contributed by atoms with Crippen LogP contribution >= 0.6 is 23.4 Å².